The summed E-state index contributed by atoms with van der Waals surface area (Å²) >= 11 is 5.72. The molecule has 1 atom stereocenters. The van der Waals surface area contributed by atoms with Crippen LogP contribution in [0.1, 0.15) is 5.56 Å². The molecule has 17 heteroatoms. The molecule has 2 aromatic rings. The van der Waals surface area contributed by atoms with Crippen molar-refractivity contribution in [1.82, 2.24) is 0 Å². The van der Waals surface area contributed by atoms with Gasteiger partial charge in [-0.1, -0.05) is 11.6 Å². The Hall–Kier alpha value is -2.72. The van der Waals surface area contributed by atoms with Crippen molar-refractivity contribution in [2.24, 2.45) is 0 Å². The predicted octanol–water partition coefficient (Wildman–Crippen LogP) is 4.31. The van der Waals surface area contributed by atoms with Crippen LogP contribution in [0.2, 0.25) is 5.02 Å². The van der Waals surface area contributed by atoms with Gasteiger partial charge in [-0.05, 0) is 30.3 Å². The van der Waals surface area contributed by atoms with Crippen molar-refractivity contribution in [3.63, 3.8) is 0 Å². The summed E-state index contributed by atoms with van der Waals surface area (Å²) in [6.07, 6.45) is -4.93. The van der Waals surface area contributed by atoms with Crippen molar-refractivity contribution in [2.75, 3.05) is 11.1 Å². The second-order valence-corrected chi connectivity index (χ2v) is 9.83. The van der Waals surface area contributed by atoms with Gasteiger partial charge in [0.2, 0.25) is 5.91 Å². The first kappa shape index (κ1) is 26.5. The van der Waals surface area contributed by atoms with Crippen molar-refractivity contribution in [3.05, 3.63) is 57.1 Å². The highest BCUT2D eigenvalue weighted by Crippen LogP contribution is 2.35. The lowest BCUT2D eigenvalue weighted by molar-refractivity contribution is -0.388. The molecule has 0 aliphatic carbocycles. The number of anilines is 1. The highest BCUT2D eigenvalue weighted by atomic mass is 35.5. The van der Waals surface area contributed by atoms with E-state index in [9.17, 15) is 53.9 Å². The number of carbonyl (C=O) groups excluding carboxylic acids is 1. The first-order valence-corrected chi connectivity index (χ1v) is 11.3. The number of alkyl halides is 6. The van der Waals surface area contributed by atoms with Crippen LogP contribution < -0.4 is 5.32 Å². The maximum absolute atomic E-state index is 12.8. The van der Waals surface area contributed by atoms with Gasteiger partial charge in [-0.15, -0.1) is 0 Å². The number of sulfone groups is 1. The summed E-state index contributed by atoms with van der Waals surface area (Å²) in [5, 5.41) is 12.6. The average molecular weight is 539 g/mol. The quantitative estimate of drug-likeness (QED) is 0.332. The van der Waals surface area contributed by atoms with Crippen LogP contribution in [0, 0.1) is 10.1 Å². The van der Waals surface area contributed by atoms with E-state index in [1.54, 1.807) is 0 Å². The number of halogens is 7. The maximum Gasteiger partial charge on any atom is 0.501 e. The Morgan fingerprint density at radius 1 is 1.09 bits per heavy atom. The van der Waals surface area contributed by atoms with Crippen molar-refractivity contribution in [3.8, 4) is 0 Å². The number of hydrogen-bond donors (Lipinski definition) is 1. The molecule has 0 aromatic heterocycles. The minimum Gasteiger partial charge on any atom is -0.324 e. The molecule has 0 saturated carbocycles. The minimum absolute atomic E-state index is 0.132. The van der Waals surface area contributed by atoms with E-state index in [0.717, 1.165) is 6.07 Å². The second-order valence-electron chi connectivity index (χ2n) is 6.07. The molecule has 0 bridgehead atoms. The number of amides is 1. The molecule has 1 N–H and O–H groups in total. The van der Waals surface area contributed by atoms with Gasteiger partial charge in [-0.25, -0.2) is 8.42 Å². The summed E-state index contributed by atoms with van der Waals surface area (Å²) in [6.45, 7) is 0. The van der Waals surface area contributed by atoms with Crippen molar-refractivity contribution >= 4 is 49.5 Å². The van der Waals surface area contributed by atoms with E-state index in [4.69, 9.17) is 11.6 Å². The molecule has 0 spiro atoms. The predicted molar refractivity (Wildman–Crippen MR) is 103 cm³/mol. The van der Waals surface area contributed by atoms with Gasteiger partial charge < -0.3 is 5.32 Å². The number of benzene rings is 2. The molecular formula is C16H9ClF6N2O6S2. The Morgan fingerprint density at radius 3 is 2.21 bits per heavy atom. The second kappa shape index (κ2) is 9.26. The summed E-state index contributed by atoms with van der Waals surface area (Å²) in [5.74, 6) is -2.30. The van der Waals surface area contributed by atoms with Crippen LogP contribution in [-0.4, -0.2) is 34.7 Å². The number of nitro groups is 1. The normalized spacial score (nSPS) is 13.4. The van der Waals surface area contributed by atoms with Gasteiger partial charge in [0.15, 0.2) is 0 Å². The van der Waals surface area contributed by atoms with Gasteiger partial charge >= 0.3 is 11.7 Å². The summed E-state index contributed by atoms with van der Waals surface area (Å²) in [7, 11) is -8.35. The molecule has 1 amide bonds. The van der Waals surface area contributed by atoms with Gasteiger partial charge in [-0.2, -0.15) is 26.3 Å². The molecule has 2 rings (SSSR count). The molecule has 8 nitrogen and oxygen atoms in total. The van der Waals surface area contributed by atoms with E-state index in [1.807, 2.05) is 5.32 Å². The summed E-state index contributed by atoms with van der Waals surface area (Å²) < 4.78 is 112. The van der Waals surface area contributed by atoms with Crippen molar-refractivity contribution in [1.29, 1.82) is 0 Å². The molecule has 33 heavy (non-hydrogen) atoms. The van der Waals surface area contributed by atoms with Crippen molar-refractivity contribution < 1.29 is 48.7 Å². The van der Waals surface area contributed by atoms with Gasteiger partial charge in [-0.3, -0.25) is 19.1 Å². The van der Waals surface area contributed by atoms with E-state index >= 15 is 0 Å². The fraction of sp³-hybridized carbons (Fsp3) is 0.188. The van der Waals surface area contributed by atoms with Crippen LogP contribution in [-0.2, 0) is 31.6 Å². The molecular weight excluding hydrogens is 530 g/mol. The monoisotopic (exact) mass is 538 g/mol. The maximum atomic E-state index is 12.8. The van der Waals surface area contributed by atoms with E-state index in [2.05, 4.69) is 0 Å². The number of nitrogens with zero attached hydrogens (tertiary/aromatic N) is 1. The lowest BCUT2D eigenvalue weighted by Crippen LogP contribution is -2.24. The van der Waals surface area contributed by atoms with Crippen LogP contribution in [0.25, 0.3) is 0 Å². The Kier molecular flexibility index (Phi) is 7.45. The fourth-order valence-electron chi connectivity index (χ4n) is 2.31. The lowest BCUT2D eigenvalue weighted by atomic mass is 10.2. The smallest absolute Gasteiger partial charge is 0.324 e. The molecule has 1 unspecified atom stereocenters. The van der Waals surface area contributed by atoms with Crippen LogP contribution >= 0.6 is 11.6 Å². The SMILES string of the molecule is O=C(CS(=O)c1ccc(C(F)(F)F)cc1[N+](=O)[O-])Nc1cc(S(=O)(=O)C(F)(F)F)ccc1Cl. The van der Waals surface area contributed by atoms with Gasteiger partial charge in [0, 0.05) is 6.07 Å². The van der Waals surface area contributed by atoms with Crippen LogP contribution in [0.15, 0.2) is 46.2 Å². The lowest BCUT2D eigenvalue weighted by Gasteiger charge is -2.12. The van der Waals surface area contributed by atoms with Gasteiger partial charge in [0.1, 0.15) is 10.6 Å². The molecule has 0 fully saturated rings. The van der Waals surface area contributed by atoms with Crippen LogP contribution in [0.4, 0.5) is 37.7 Å². The van der Waals surface area contributed by atoms with E-state index in [1.165, 1.54) is 0 Å². The van der Waals surface area contributed by atoms with E-state index in [0.29, 0.717) is 24.3 Å². The Labute approximate surface area is 188 Å². The first-order chi connectivity index (χ1) is 14.9. The molecule has 0 aliphatic rings. The Bertz CT molecular complexity index is 1250. The number of nitro benzene ring substituents is 1. The van der Waals surface area contributed by atoms with Crippen LogP contribution in [0.5, 0.6) is 0 Å². The van der Waals surface area contributed by atoms with Gasteiger partial charge in [0.25, 0.3) is 15.5 Å². The minimum atomic E-state index is -5.79. The zero-order valence-corrected chi connectivity index (χ0v) is 17.9. The Balaban J connectivity index is 2.30. The zero-order valence-electron chi connectivity index (χ0n) is 15.5. The number of carbonyl (C=O) groups is 1. The average Bonchev–Trinajstić information content (AvgIpc) is 2.67. The standard InChI is InChI=1S/C16H9ClF6N2O6S2/c17-10-3-2-9(33(30,31)16(21,22)23)6-11(10)24-14(26)7-32(29)13-4-1-8(15(18,19)20)5-12(13)25(27)28/h1-6H,7H2,(H,24,26). The van der Waals surface area contributed by atoms with Crippen LogP contribution in [0.3, 0.4) is 0 Å². The summed E-state index contributed by atoms with van der Waals surface area (Å²) in [6, 6.07) is 2.77. The Morgan fingerprint density at radius 2 is 1.70 bits per heavy atom. The number of nitrogens with one attached hydrogen (secondary N) is 1. The zero-order chi connectivity index (χ0) is 25.4. The number of hydrogen-bond acceptors (Lipinski definition) is 6. The van der Waals surface area contributed by atoms with E-state index in [-0.39, 0.29) is 6.07 Å². The van der Waals surface area contributed by atoms with Gasteiger partial charge in [0.05, 0.1) is 36.9 Å². The largest absolute Gasteiger partial charge is 0.501 e. The van der Waals surface area contributed by atoms with E-state index < -0.39 is 80.7 Å². The first-order valence-electron chi connectivity index (χ1n) is 8.10. The molecule has 2 aromatic carbocycles. The molecule has 0 heterocycles. The number of rotatable bonds is 6. The molecule has 180 valence electrons. The fourth-order valence-corrected chi connectivity index (χ4v) is 4.32. The third-order valence-electron chi connectivity index (χ3n) is 3.82. The highest BCUT2D eigenvalue weighted by molar-refractivity contribution is 7.92. The van der Waals surface area contributed by atoms with Crippen molar-refractivity contribution in [2.45, 2.75) is 21.5 Å². The third kappa shape index (κ3) is 6.00. The molecule has 0 radical (unpaired) electrons. The summed E-state index contributed by atoms with van der Waals surface area (Å²) in [5.41, 5.74) is -8.82. The molecule has 0 aliphatic heterocycles. The molecule has 0 saturated heterocycles. The highest BCUT2D eigenvalue weighted by Gasteiger charge is 2.47. The third-order valence-corrected chi connectivity index (χ3v) is 6.99. The topological polar surface area (TPSA) is 123 Å². The summed E-state index contributed by atoms with van der Waals surface area (Å²) in [4.78, 5) is 20.0.